The number of nitrogens with one attached hydrogen (secondary N) is 1. The second-order valence-electron chi connectivity index (χ2n) is 9.71. The number of aromatic amines is 1. The van der Waals surface area contributed by atoms with Crippen molar-refractivity contribution in [3.8, 4) is 34.2 Å². The van der Waals surface area contributed by atoms with Crippen molar-refractivity contribution in [1.29, 1.82) is 5.26 Å². The fraction of sp³-hybridized carbons (Fsp3) is 0.167. The second kappa shape index (κ2) is 10.8. The topological polar surface area (TPSA) is 135 Å². The van der Waals surface area contributed by atoms with Gasteiger partial charge in [-0.25, -0.2) is 9.97 Å². The van der Waals surface area contributed by atoms with Crippen LogP contribution >= 0.6 is 22.9 Å². The first kappa shape index (κ1) is 26.7. The van der Waals surface area contributed by atoms with Gasteiger partial charge in [-0.05, 0) is 49.2 Å². The fourth-order valence-corrected chi connectivity index (χ4v) is 6.25. The zero-order valence-electron chi connectivity index (χ0n) is 22.1. The minimum absolute atomic E-state index is 0.0790. The minimum atomic E-state index is -0.482. The molecule has 6 aromatic rings. The summed E-state index contributed by atoms with van der Waals surface area (Å²) in [6, 6.07) is 19.0. The number of benzene rings is 2. The van der Waals surface area contributed by atoms with E-state index in [1.807, 2.05) is 56.3 Å². The van der Waals surface area contributed by atoms with Gasteiger partial charge in [0, 0.05) is 23.4 Å². The minimum Gasteiger partial charge on any atom is -0.490 e. The van der Waals surface area contributed by atoms with Crippen molar-refractivity contribution in [1.82, 2.24) is 24.6 Å². The lowest BCUT2D eigenvalue weighted by molar-refractivity contribution is 0.242. The number of hydrogen-bond donors (Lipinski definition) is 2. The Bertz CT molecular complexity index is 2010. The lowest BCUT2D eigenvalue weighted by atomic mass is 9.87. The van der Waals surface area contributed by atoms with Crippen LogP contribution in [0.5, 0.6) is 5.75 Å². The number of aromatic nitrogens is 5. The Hall–Kier alpha value is -4.56. The number of fused-ring (bicyclic) bond motifs is 2. The van der Waals surface area contributed by atoms with E-state index in [1.54, 1.807) is 17.5 Å². The number of pyridine rings is 1. The molecular formula is C30H24ClN7O2S. The molecule has 11 heteroatoms. The third-order valence-electron chi connectivity index (χ3n) is 6.83. The van der Waals surface area contributed by atoms with Crippen molar-refractivity contribution in [3.63, 3.8) is 0 Å². The van der Waals surface area contributed by atoms with Crippen LogP contribution in [0.3, 0.4) is 0 Å². The van der Waals surface area contributed by atoms with Gasteiger partial charge >= 0.3 is 0 Å². The summed E-state index contributed by atoms with van der Waals surface area (Å²) in [5, 5.41) is 20.1. The van der Waals surface area contributed by atoms with E-state index in [0.717, 1.165) is 16.7 Å². The molecule has 0 saturated carbocycles. The van der Waals surface area contributed by atoms with Gasteiger partial charge in [-0.15, -0.1) is 11.3 Å². The van der Waals surface area contributed by atoms with E-state index in [4.69, 9.17) is 22.1 Å². The Kier molecular flexibility index (Phi) is 7.01. The van der Waals surface area contributed by atoms with Gasteiger partial charge < -0.3 is 10.5 Å². The van der Waals surface area contributed by atoms with E-state index >= 15 is 0 Å². The van der Waals surface area contributed by atoms with E-state index in [0.29, 0.717) is 49.3 Å². The number of rotatable bonds is 7. The van der Waals surface area contributed by atoms with E-state index < -0.39 is 5.92 Å². The van der Waals surface area contributed by atoms with Crippen molar-refractivity contribution < 1.29 is 4.74 Å². The summed E-state index contributed by atoms with van der Waals surface area (Å²) in [6.07, 6.45) is 1.37. The molecule has 9 nitrogen and oxygen atoms in total. The predicted octanol–water partition coefficient (Wildman–Crippen LogP) is 5.76. The van der Waals surface area contributed by atoms with Crippen molar-refractivity contribution in [2.24, 2.45) is 5.73 Å². The van der Waals surface area contributed by atoms with Crippen LogP contribution in [0.15, 0.2) is 71.1 Å². The number of hydrogen-bond acceptors (Lipinski definition) is 8. The van der Waals surface area contributed by atoms with Gasteiger partial charge in [0.1, 0.15) is 28.1 Å². The molecule has 0 aliphatic heterocycles. The molecule has 0 aliphatic rings. The number of nitriles is 1. The maximum Gasteiger partial charge on any atom is 0.265 e. The van der Waals surface area contributed by atoms with Crippen LogP contribution in [0.2, 0.25) is 5.15 Å². The van der Waals surface area contributed by atoms with Gasteiger partial charge in [-0.2, -0.15) is 10.4 Å². The van der Waals surface area contributed by atoms with Crippen LogP contribution < -0.4 is 16.0 Å². The third-order valence-corrected chi connectivity index (χ3v) is 8.12. The fourth-order valence-electron chi connectivity index (χ4n) is 5.09. The van der Waals surface area contributed by atoms with Gasteiger partial charge in [0.2, 0.25) is 0 Å². The molecule has 0 unspecified atom stereocenters. The molecule has 0 spiro atoms. The Morgan fingerprint density at radius 3 is 2.68 bits per heavy atom. The third kappa shape index (κ3) is 4.64. The maximum atomic E-state index is 13.9. The van der Waals surface area contributed by atoms with E-state index in [-0.39, 0.29) is 18.2 Å². The lowest BCUT2D eigenvalue weighted by Gasteiger charge is -2.20. The number of ether oxygens (including phenoxy) is 1. The molecule has 0 saturated heterocycles. The quantitative estimate of drug-likeness (QED) is 0.244. The summed E-state index contributed by atoms with van der Waals surface area (Å²) in [6.45, 7) is 3.98. The second-order valence-corrected chi connectivity index (χ2v) is 11.0. The predicted molar refractivity (Wildman–Crippen MR) is 160 cm³/mol. The van der Waals surface area contributed by atoms with Gasteiger partial charge in [-0.1, -0.05) is 41.9 Å². The van der Waals surface area contributed by atoms with E-state index in [2.05, 4.69) is 26.2 Å². The molecule has 4 aromatic heterocycles. The first-order valence-electron chi connectivity index (χ1n) is 12.9. The SMILES string of the molecule is CC(C)Oc1ccc(-c2[nH]nc3ncnc([C@H](CN)c4cc5scc(Cl)n5c(=O)c4-c4ccccc4)c23)cc1C#N. The van der Waals surface area contributed by atoms with Crippen LogP contribution in [0, 0.1) is 11.3 Å². The highest BCUT2D eigenvalue weighted by Crippen LogP contribution is 2.38. The largest absolute Gasteiger partial charge is 0.490 e. The van der Waals surface area contributed by atoms with Crippen molar-refractivity contribution in [2.45, 2.75) is 25.9 Å². The van der Waals surface area contributed by atoms with Gasteiger partial charge in [0.15, 0.2) is 5.65 Å². The molecule has 6 rings (SSSR count). The molecule has 0 radical (unpaired) electrons. The number of nitrogens with zero attached hydrogens (tertiary/aromatic N) is 5. The summed E-state index contributed by atoms with van der Waals surface area (Å²) in [7, 11) is 0. The van der Waals surface area contributed by atoms with Crippen molar-refractivity contribution >= 4 is 38.8 Å². The van der Waals surface area contributed by atoms with E-state index in [9.17, 15) is 10.1 Å². The molecule has 2 aromatic carbocycles. The number of thiazole rings is 1. The summed E-state index contributed by atoms with van der Waals surface area (Å²) in [5.74, 6) is 0.0203. The monoisotopic (exact) mass is 581 g/mol. The highest BCUT2D eigenvalue weighted by molar-refractivity contribution is 7.16. The summed E-state index contributed by atoms with van der Waals surface area (Å²) < 4.78 is 7.32. The number of halogens is 1. The zero-order valence-corrected chi connectivity index (χ0v) is 23.7. The molecule has 0 bridgehead atoms. The molecule has 3 N–H and O–H groups in total. The zero-order chi connectivity index (χ0) is 28.7. The summed E-state index contributed by atoms with van der Waals surface area (Å²) >= 11 is 7.80. The Morgan fingerprint density at radius 2 is 1.95 bits per heavy atom. The summed E-state index contributed by atoms with van der Waals surface area (Å²) in [5.41, 5.74) is 11.0. The van der Waals surface area contributed by atoms with Gasteiger partial charge in [0.25, 0.3) is 5.56 Å². The van der Waals surface area contributed by atoms with Crippen LogP contribution in [0.25, 0.3) is 38.2 Å². The van der Waals surface area contributed by atoms with Crippen molar-refractivity contribution in [2.75, 3.05) is 6.54 Å². The molecule has 204 valence electrons. The van der Waals surface area contributed by atoms with Gasteiger partial charge in [0.05, 0.1) is 34.0 Å². The average Bonchev–Trinajstić information content (AvgIpc) is 3.58. The molecule has 0 aliphatic carbocycles. The normalized spacial score (nSPS) is 12.2. The Morgan fingerprint density at radius 1 is 1.15 bits per heavy atom. The lowest BCUT2D eigenvalue weighted by Crippen LogP contribution is -2.23. The van der Waals surface area contributed by atoms with Gasteiger partial charge in [-0.3, -0.25) is 14.3 Å². The van der Waals surface area contributed by atoms with Crippen LogP contribution in [-0.4, -0.2) is 37.2 Å². The average molecular weight is 582 g/mol. The van der Waals surface area contributed by atoms with Crippen molar-refractivity contribution in [3.05, 3.63) is 98.6 Å². The Labute approximate surface area is 243 Å². The molecule has 41 heavy (non-hydrogen) atoms. The maximum absolute atomic E-state index is 13.9. The number of nitrogens with two attached hydrogens (primary N) is 1. The van der Waals surface area contributed by atoms with Crippen LogP contribution in [0.1, 0.15) is 36.6 Å². The molecule has 0 amide bonds. The summed E-state index contributed by atoms with van der Waals surface area (Å²) in [4.78, 5) is 23.7. The highest BCUT2D eigenvalue weighted by atomic mass is 35.5. The van der Waals surface area contributed by atoms with Crippen LogP contribution in [0.4, 0.5) is 0 Å². The smallest absolute Gasteiger partial charge is 0.265 e. The van der Waals surface area contributed by atoms with E-state index in [1.165, 1.54) is 22.1 Å². The highest BCUT2D eigenvalue weighted by Gasteiger charge is 2.27. The standard InChI is InChI=1S/C30H24ClN7O2S/c1-16(2)40-22-9-8-18(10-19(22)12-32)27-26-28(34-15-35-29(26)37-36-27)21(13-33)20-11-24-38(23(31)14-41-24)30(39)25(20)17-6-4-3-5-7-17/h3-11,14-16,21H,13,33H2,1-2H3,(H,34,35,36,37)/t21-/m1/s1. The Balaban J connectivity index is 1.59. The van der Waals surface area contributed by atoms with Crippen LogP contribution in [-0.2, 0) is 0 Å². The molecular weight excluding hydrogens is 558 g/mol. The molecule has 1 atom stereocenters. The first-order valence-corrected chi connectivity index (χ1v) is 14.1. The molecule has 4 heterocycles. The first-order chi connectivity index (χ1) is 19.9. The molecule has 0 fully saturated rings. The number of H-pyrrole nitrogens is 1.